The molecule has 0 atom stereocenters. The molecule has 19 heavy (non-hydrogen) atoms. The Balaban J connectivity index is 5.14. The van der Waals surface area contributed by atoms with Crippen molar-refractivity contribution in [2.75, 3.05) is 13.1 Å². The molecule has 0 aliphatic heterocycles. The molecule has 0 saturated heterocycles. The van der Waals surface area contributed by atoms with Gasteiger partial charge >= 0.3 is 0 Å². The monoisotopic (exact) mass is 286 g/mol. The second-order valence-electron chi connectivity index (χ2n) is 5.18. The minimum Gasteiger partial charge on any atom is -0.392 e. The third-order valence-corrected chi connectivity index (χ3v) is 4.78. The zero-order valence-corrected chi connectivity index (χ0v) is 14.0. The molecule has 0 rings (SSSR count). The smallest absolute Gasteiger partial charge is 0.235 e. The van der Waals surface area contributed by atoms with Crippen LogP contribution in [0.5, 0.6) is 0 Å². The number of hydrogen-bond donors (Lipinski definition) is 1. The molecule has 1 amide bonds. The highest BCUT2D eigenvalue weighted by Crippen LogP contribution is 2.30. The van der Waals surface area contributed by atoms with Gasteiger partial charge in [0.15, 0.2) is 0 Å². The van der Waals surface area contributed by atoms with Gasteiger partial charge in [0.25, 0.3) is 0 Å². The number of nitrogens with two attached hydrogens (primary N) is 1. The van der Waals surface area contributed by atoms with Gasteiger partial charge in [-0.05, 0) is 25.7 Å². The number of amides is 1. The SMILES string of the molecule is CCC(CC)CN(CC)C(=O)C(CC)(CC)C(N)=S. The van der Waals surface area contributed by atoms with Crippen molar-refractivity contribution in [3.05, 3.63) is 0 Å². The van der Waals surface area contributed by atoms with E-state index < -0.39 is 5.41 Å². The fourth-order valence-electron chi connectivity index (χ4n) is 2.52. The van der Waals surface area contributed by atoms with E-state index in [0.717, 1.165) is 25.9 Å². The van der Waals surface area contributed by atoms with E-state index in [9.17, 15) is 4.79 Å². The summed E-state index contributed by atoms with van der Waals surface area (Å²) in [6, 6.07) is 0. The van der Waals surface area contributed by atoms with E-state index in [1.165, 1.54) is 0 Å². The van der Waals surface area contributed by atoms with E-state index in [1.54, 1.807) is 0 Å². The lowest BCUT2D eigenvalue weighted by atomic mass is 9.80. The van der Waals surface area contributed by atoms with Crippen molar-refractivity contribution >= 4 is 23.1 Å². The van der Waals surface area contributed by atoms with Gasteiger partial charge in [0, 0.05) is 13.1 Å². The van der Waals surface area contributed by atoms with Crippen LogP contribution in [0.15, 0.2) is 0 Å². The summed E-state index contributed by atoms with van der Waals surface area (Å²) in [5, 5.41) is 0. The highest BCUT2D eigenvalue weighted by molar-refractivity contribution is 7.80. The fraction of sp³-hybridized carbons (Fsp3) is 0.867. The lowest BCUT2D eigenvalue weighted by molar-refractivity contribution is -0.139. The second-order valence-corrected chi connectivity index (χ2v) is 5.62. The first-order valence-corrected chi connectivity index (χ1v) is 7.93. The summed E-state index contributed by atoms with van der Waals surface area (Å²) < 4.78 is 0. The predicted octanol–water partition coefficient (Wildman–Crippen LogP) is 3.36. The molecular weight excluding hydrogens is 256 g/mol. The largest absolute Gasteiger partial charge is 0.392 e. The van der Waals surface area contributed by atoms with Crippen molar-refractivity contribution in [1.82, 2.24) is 4.90 Å². The first kappa shape index (κ1) is 18.4. The molecule has 0 aromatic carbocycles. The van der Waals surface area contributed by atoms with E-state index >= 15 is 0 Å². The van der Waals surface area contributed by atoms with E-state index in [2.05, 4.69) is 13.8 Å². The third kappa shape index (κ3) is 4.16. The van der Waals surface area contributed by atoms with Crippen molar-refractivity contribution in [1.29, 1.82) is 0 Å². The van der Waals surface area contributed by atoms with Gasteiger partial charge in [-0.2, -0.15) is 0 Å². The molecular formula is C15H30N2OS. The van der Waals surface area contributed by atoms with E-state index in [4.69, 9.17) is 18.0 Å². The lowest BCUT2D eigenvalue weighted by Gasteiger charge is -2.36. The molecule has 0 aromatic rings. The maximum Gasteiger partial charge on any atom is 0.235 e. The van der Waals surface area contributed by atoms with Gasteiger partial charge in [-0.1, -0.05) is 52.8 Å². The maximum absolute atomic E-state index is 12.8. The molecule has 3 nitrogen and oxygen atoms in total. The van der Waals surface area contributed by atoms with Gasteiger partial charge < -0.3 is 10.6 Å². The Morgan fingerprint density at radius 2 is 1.63 bits per heavy atom. The molecule has 2 N–H and O–H groups in total. The summed E-state index contributed by atoms with van der Waals surface area (Å²) in [5.41, 5.74) is 5.21. The molecule has 0 bridgehead atoms. The number of carbonyl (C=O) groups is 1. The zero-order chi connectivity index (χ0) is 15.1. The topological polar surface area (TPSA) is 46.3 Å². The van der Waals surface area contributed by atoms with Crippen molar-refractivity contribution in [2.45, 2.75) is 60.3 Å². The molecule has 0 aromatic heterocycles. The van der Waals surface area contributed by atoms with E-state index in [0.29, 0.717) is 23.7 Å². The maximum atomic E-state index is 12.8. The van der Waals surface area contributed by atoms with Crippen molar-refractivity contribution in [3.8, 4) is 0 Å². The second kappa shape index (κ2) is 8.51. The van der Waals surface area contributed by atoms with Crippen molar-refractivity contribution < 1.29 is 4.79 Å². The Morgan fingerprint density at radius 1 is 1.16 bits per heavy atom. The molecule has 0 saturated carbocycles. The first-order chi connectivity index (χ1) is 8.93. The number of carbonyl (C=O) groups excluding carboxylic acids is 1. The highest BCUT2D eigenvalue weighted by Gasteiger charge is 2.40. The Labute approximate surface area is 123 Å². The Kier molecular flexibility index (Phi) is 8.23. The predicted molar refractivity (Wildman–Crippen MR) is 86.1 cm³/mol. The number of nitrogens with zero attached hydrogens (tertiary/aromatic N) is 1. The Morgan fingerprint density at radius 3 is 1.89 bits per heavy atom. The Hall–Kier alpha value is -0.640. The molecule has 0 fully saturated rings. The van der Waals surface area contributed by atoms with Crippen LogP contribution in [0.4, 0.5) is 0 Å². The van der Waals surface area contributed by atoms with Crippen LogP contribution in [-0.4, -0.2) is 28.9 Å². The van der Waals surface area contributed by atoms with Gasteiger partial charge in [-0.3, -0.25) is 4.79 Å². The van der Waals surface area contributed by atoms with Crippen molar-refractivity contribution in [3.63, 3.8) is 0 Å². The van der Waals surface area contributed by atoms with Crippen LogP contribution in [0.2, 0.25) is 0 Å². The molecule has 4 heteroatoms. The van der Waals surface area contributed by atoms with Crippen LogP contribution < -0.4 is 5.73 Å². The summed E-state index contributed by atoms with van der Waals surface area (Å²) >= 11 is 5.17. The minimum atomic E-state index is -0.655. The Bertz CT molecular complexity index is 297. The van der Waals surface area contributed by atoms with Crippen LogP contribution in [0.25, 0.3) is 0 Å². The van der Waals surface area contributed by atoms with Gasteiger partial charge in [0.2, 0.25) is 5.91 Å². The van der Waals surface area contributed by atoms with Gasteiger partial charge in [0.05, 0.1) is 10.4 Å². The van der Waals surface area contributed by atoms with Crippen LogP contribution in [0.1, 0.15) is 60.3 Å². The highest BCUT2D eigenvalue weighted by atomic mass is 32.1. The fourth-order valence-corrected chi connectivity index (χ4v) is 2.90. The van der Waals surface area contributed by atoms with E-state index in [1.807, 2.05) is 25.7 Å². The molecule has 0 aliphatic carbocycles. The number of rotatable bonds is 9. The number of hydrogen-bond acceptors (Lipinski definition) is 2. The van der Waals surface area contributed by atoms with Gasteiger partial charge in [0.1, 0.15) is 0 Å². The standard InChI is InChI=1S/C15H30N2OS/c1-6-12(7-2)11-17(10-5)14(18)15(8-3,9-4)13(16)19/h12H,6-11H2,1-5H3,(H2,16,19). The third-order valence-electron chi connectivity index (χ3n) is 4.39. The van der Waals surface area contributed by atoms with Gasteiger partial charge in [-0.15, -0.1) is 0 Å². The van der Waals surface area contributed by atoms with Crippen LogP contribution in [-0.2, 0) is 4.79 Å². The van der Waals surface area contributed by atoms with Crippen LogP contribution in [0, 0.1) is 11.3 Å². The average Bonchev–Trinajstić information content (AvgIpc) is 2.41. The lowest BCUT2D eigenvalue weighted by Crippen LogP contribution is -2.51. The average molecular weight is 286 g/mol. The van der Waals surface area contributed by atoms with Gasteiger partial charge in [-0.25, -0.2) is 0 Å². The summed E-state index contributed by atoms with van der Waals surface area (Å²) in [6.45, 7) is 11.9. The molecule has 112 valence electrons. The molecule has 0 spiro atoms. The van der Waals surface area contributed by atoms with Crippen LogP contribution >= 0.6 is 12.2 Å². The summed E-state index contributed by atoms with van der Waals surface area (Å²) in [4.78, 5) is 15.1. The molecule has 0 aliphatic rings. The summed E-state index contributed by atoms with van der Waals surface area (Å²) in [5.74, 6) is 0.668. The summed E-state index contributed by atoms with van der Waals surface area (Å²) in [7, 11) is 0. The molecule has 0 heterocycles. The first-order valence-electron chi connectivity index (χ1n) is 7.52. The normalized spacial score (nSPS) is 11.7. The summed E-state index contributed by atoms with van der Waals surface area (Å²) in [6.07, 6.45) is 3.55. The molecule has 0 unspecified atom stereocenters. The zero-order valence-electron chi connectivity index (χ0n) is 13.2. The van der Waals surface area contributed by atoms with E-state index in [-0.39, 0.29) is 5.91 Å². The molecule has 0 radical (unpaired) electrons. The number of thiocarbonyl (C=S) groups is 1. The quantitative estimate of drug-likeness (QED) is 0.661. The minimum absolute atomic E-state index is 0.111. The van der Waals surface area contributed by atoms with Crippen LogP contribution in [0.3, 0.4) is 0 Å². The van der Waals surface area contributed by atoms with Crippen molar-refractivity contribution in [2.24, 2.45) is 17.1 Å².